The molecule has 4 aromatic rings. The Kier molecular flexibility index (Phi) is 10.6. The van der Waals surface area contributed by atoms with Gasteiger partial charge in [0.15, 0.2) is 0 Å². The molecule has 4 aromatic carbocycles. The van der Waals surface area contributed by atoms with Gasteiger partial charge in [-0.3, -0.25) is 0 Å². The molecule has 0 aliphatic heterocycles. The van der Waals surface area contributed by atoms with Crippen LogP contribution in [0.2, 0.25) is 0 Å². The molecule has 0 amide bonds. The molecular weight excluding hydrogens is 593 g/mol. The summed E-state index contributed by atoms with van der Waals surface area (Å²) in [6, 6.07) is 40.1. The normalized spacial score (nSPS) is 11.3. The number of nitrogens with zero attached hydrogens (tertiary/aromatic N) is 3. The summed E-state index contributed by atoms with van der Waals surface area (Å²) in [5.41, 5.74) is 3.90. The van der Waals surface area contributed by atoms with E-state index in [-0.39, 0.29) is 0 Å². The predicted octanol–water partition coefficient (Wildman–Crippen LogP) is 5.60. The fraction of sp³-hybridized carbons (Fsp3) is 0.333. The first-order valence-electron chi connectivity index (χ1n) is 15.2. The fourth-order valence-corrected chi connectivity index (χ4v) is 19.6. The molecule has 0 unspecified atom stereocenters. The first kappa shape index (κ1) is 30.0. The second-order valence-electron chi connectivity index (χ2n) is 10.3. The Morgan fingerprint density at radius 3 is 0.850 bits per heavy atom. The van der Waals surface area contributed by atoms with Gasteiger partial charge in [0.2, 0.25) is 0 Å². The van der Waals surface area contributed by atoms with Crippen LogP contribution in [0.3, 0.4) is 0 Å². The molecule has 4 heteroatoms. The van der Waals surface area contributed by atoms with Gasteiger partial charge in [-0.25, -0.2) is 0 Å². The molecule has 0 saturated heterocycles. The fourth-order valence-electron chi connectivity index (χ4n) is 6.22. The van der Waals surface area contributed by atoms with Crippen LogP contribution in [0, 0.1) is 0 Å². The van der Waals surface area contributed by atoms with E-state index in [0.29, 0.717) is 0 Å². The van der Waals surface area contributed by atoms with Crippen molar-refractivity contribution in [1.82, 2.24) is 0 Å². The van der Waals surface area contributed by atoms with Crippen LogP contribution in [0.15, 0.2) is 103 Å². The Morgan fingerprint density at radius 1 is 0.350 bits per heavy atom. The predicted molar refractivity (Wildman–Crippen MR) is 181 cm³/mol. The average Bonchev–Trinajstić information content (AvgIpc) is 3.02. The molecule has 0 bridgehead atoms. The van der Waals surface area contributed by atoms with E-state index in [2.05, 4.69) is 159 Å². The van der Waals surface area contributed by atoms with Crippen LogP contribution in [0.25, 0.3) is 0 Å². The molecule has 0 saturated carbocycles. The van der Waals surface area contributed by atoms with Gasteiger partial charge in [0, 0.05) is 0 Å². The van der Waals surface area contributed by atoms with Gasteiger partial charge in [0.25, 0.3) is 0 Å². The van der Waals surface area contributed by atoms with Gasteiger partial charge >= 0.3 is 248 Å². The molecular formula is C36H47N3Sn. The Balaban J connectivity index is 1.99. The number of anilines is 3. The second kappa shape index (κ2) is 14.1. The molecule has 0 aliphatic carbocycles. The van der Waals surface area contributed by atoms with Crippen molar-refractivity contribution in [2.45, 2.75) is 41.5 Å². The van der Waals surface area contributed by atoms with E-state index in [1.165, 1.54) is 31.4 Å². The number of hydrogen-bond acceptors (Lipinski definition) is 3. The van der Waals surface area contributed by atoms with Crippen molar-refractivity contribution in [2.24, 2.45) is 0 Å². The van der Waals surface area contributed by atoms with E-state index in [9.17, 15) is 0 Å². The van der Waals surface area contributed by atoms with E-state index in [1.54, 1.807) is 0 Å². The van der Waals surface area contributed by atoms with E-state index in [4.69, 9.17) is 0 Å². The monoisotopic (exact) mass is 641 g/mol. The Labute approximate surface area is 247 Å². The molecule has 210 valence electrons. The van der Waals surface area contributed by atoms with E-state index < -0.39 is 18.4 Å². The van der Waals surface area contributed by atoms with Gasteiger partial charge < -0.3 is 0 Å². The first-order chi connectivity index (χ1) is 19.6. The molecule has 3 nitrogen and oxygen atoms in total. The summed E-state index contributed by atoms with van der Waals surface area (Å²) in [7, 11) is 0. The minimum atomic E-state index is -3.68. The van der Waals surface area contributed by atoms with Crippen molar-refractivity contribution in [3.8, 4) is 0 Å². The van der Waals surface area contributed by atoms with E-state index >= 15 is 0 Å². The molecule has 0 aliphatic rings. The van der Waals surface area contributed by atoms with Crippen LogP contribution in [-0.2, 0) is 0 Å². The average molecular weight is 641 g/mol. The molecule has 4 rings (SSSR count). The Morgan fingerprint density at radius 2 is 0.600 bits per heavy atom. The summed E-state index contributed by atoms with van der Waals surface area (Å²) < 4.78 is 5.95. The zero-order chi connectivity index (χ0) is 28.5. The summed E-state index contributed by atoms with van der Waals surface area (Å²) in [6.45, 7) is 19.5. The van der Waals surface area contributed by atoms with Crippen LogP contribution >= 0.6 is 0 Å². The third kappa shape index (κ3) is 5.90. The van der Waals surface area contributed by atoms with Crippen LogP contribution in [-0.4, -0.2) is 57.6 Å². The molecule has 0 spiro atoms. The standard InChI is InChI=1S/3C10H14N.C6H5.Sn/c3*1-3-11(4-2)10-8-6-5-7-9-10;1-2-4-6-5-3-1;/h3*6-9H,3-4H2,1-2H3;1-5H;. The number of hydrogen-bond donors (Lipinski definition) is 0. The topological polar surface area (TPSA) is 9.72 Å². The summed E-state index contributed by atoms with van der Waals surface area (Å²) in [5, 5.41) is 0. The molecule has 0 radical (unpaired) electrons. The quantitative estimate of drug-likeness (QED) is 0.176. The zero-order valence-electron chi connectivity index (χ0n) is 25.4. The number of rotatable bonds is 13. The Hall–Kier alpha value is -2.92. The first-order valence-corrected chi connectivity index (χ1v) is 20.9. The molecule has 40 heavy (non-hydrogen) atoms. The van der Waals surface area contributed by atoms with Crippen LogP contribution in [0.4, 0.5) is 17.1 Å². The third-order valence-electron chi connectivity index (χ3n) is 8.49. The zero-order valence-corrected chi connectivity index (χ0v) is 28.3. The molecule has 0 N–H and O–H groups in total. The minimum absolute atomic E-state index is 1.02. The van der Waals surface area contributed by atoms with Crippen LogP contribution in [0.1, 0.15) is 41.5 Å². The van der Waals surface area contributed by atoms with Gasteiger partial charge in [0.1, 0.15) is 0 Å². The van der Waals surface area contributed by atoms with Crippen molar-refractivity contribution in [3.05, 3.63) is 103 Å². The van der Waals surface area contributed by atoms with Gasteiger partial charge in [-0.1, -0.05) is 0 Å². The Bertz CT molecular complexity index is 1150. The SMILES string of the molecule is CCN(CC)c1cc[c]([Sn]([c]2ccccc2)([c]2ccc(N(CC)CC)cc2)[c]2ccc(N(CC)CC)cc2)cc1. The van der Waals surface area contributed by atoms with Crippen LogP contribution < -0.4 is 29.0 Å². The third-order valence-corrected chi connectivity index (χ3v) is 22.2. The summed E-state index contributed by atoms with van der Waals surface area (Å²) in [6.07, 6.45) is 0. The van der Waals surface area contributed by atoms with Gasteiger partial charge in [-0.05, 0) is 0 Å². The van der Waals surface area contributed by atoms with Crippen molar-refractivity contribution >= 4 is 49.8 Å². The summed E-state index contributed by atoms with van der Waals surface area (Å²) in [5.74, 6) is 0. The van der Waals surface area contributed by atoms with Crippen molar-refractivity contribution < 1.29 is 0 Å². The van der Waals surface area contributed by atoms with Crippen molar-refractivity contribution in [1.29, 1.82) is 0 Å². The maximum absolute atomic E-state index is 3.68. The maximum atomic E-state index is 2.44. The van der Waals surface area contributed by atoms with Crippen molar-refractivity contribution in [2.75, 3.05) is 54.0 Å². The van der Waals surface area contributed by atoms with Gasteiger partial charge in [-0.2, -0.15) is 0 Å². The van der Waals surface area contributed by atoms with E-state index in [1.807, 2.05) is 0 Å². The van der Waals surface area contributed by atoms with Crippen LogP contribution in [0.5, 0.6) is 0 Å². The van der Waals surface area contributed by atoms with Gasteiger partial charge in [0.05, 0.1) is 0 Å². The molecule has 0 fully saturated rings. The molecule has 0 atom stereocenters. The summed E-state index contributed by atoms with van der Waals surface area (Å²) in [4.78, 5) is 7.30. The van der Waals surface area contributed by atoms with Gasteiger partial charge in [-0.15, -0.1) is 0 Å². The number of benzene rings is 4. The second-order valence-corrected chi connectivity index (χ2v) is 21.1. The summed E-state index contributed by atoms with van der Waals surface area (Å²) >= 11 is -3.68. The molecule has 0 heterocycles. The van der Waals surface area contributed by atoms with Crippen molar-refractivity contribution in [3.63, 3.8) is 0 Å². The van der Waals surface area contributed by atoms with E-state index in [0.717, 1.165) is 39.3 Å². The molecule has 0 aromatic heterocycles.